The molecule has 1 aliphatic rings. The fraction of sp³-hybridized carbons (Fsp3) is 0.235. The van der Waals surface area contributed by atoms with Gasteiger partial charge in [-0.1, -0.05) is 11.6 Å². The van der Waals surface area contributed by atoms with Gasteiger partial charge in [0.05, 0.1) is 6.10 Å². The van der Waals surface area contributed by atoms with Crippen LogP contribution in [0.1, 0.15) is 16.8 Å². The van der Waals surface area contributed by atoms with E-state index >= 15 is 0 Å². The minimum Gasteiger partial charge on any atom is -0.454 e. The molecule has 1 amide bonds. The topological polar surface area (TPSA) is 49.8 Å². The highest BCUT2D eigenvalue weighted by Crippen LogP contribution is 2.27. The zero-order valence-electron chi connectivity index (χ0n) is 12.2. The molecule has 1 heterocycles. The molecule has 1 aliphatic heterocycles. The molecule has 4 nitrogen and oxygen atoms in total. The number of carbonyl (C=O) groups excluding carboxylic acids is 1. The van der Waals surface area contributed by atoms with Crippen molar-refractivity contribution in [2.45, 2.75) is 12.5 Å². The van der Waals surface area contributed by atoms with Crippen molar-refractivity contribution in [2.24, 2.45) is 0 Å². The van der Waals surface area contributed by atoms with Crippen LogP contribution < -0.4 is 4.74 Å². The van der Waals surface area contributed by atoms with Gasteiger partial charge >= 0.3 is 0 Å². The lowest BCUT2D eigenvalue weighted by Crippen LogP contribution is -2.29. The maximum atomic E-state index is 14.2. The SMILES string of the molecule is O=C(c1ccc(Oc2ccc(Cl)cc2)c(F)c1)N1CC[C@@H](O)C1. The number of hydrogen-bond donors (Lipinski definition) is 1. The summed E-state index contributed by atoms with van der Waals surface area (Å²) in [4.78, 5) is 13.8. The summed E-state index contributed by atoms with van der Waals surface area (Å²) in [5.74, 6) is -0.426. The third-order valence-corrected chi connectivity index (χ3v) is 3.92. The summed E-state index contributed by atoms with van der Waals surface area (Å²) < 4.78 is 19.6. The minimum absolute atomic E-state index is 0.0327. The van der Waals surface area contributed by atoms with E-state index in [1.807, 2.05) is 0 Å². The number of likely N-dealkylation sites (tertiary alicyclic amines) is 1. The number of aliphatic hydroxyl groups excluding tert-OH is 1. The number of halogens is 2. The van der Waals surface area contributed by atoms with E-state index in [1.54, 1.807) is 24.3 Å². The van der Waals surface area contributed by atoms with E-state index in [2.05, 4.69) is 0 Å². The second kappa shape index (κ2) is 6.56. The normalized spacial score (nSPS) is 17.3. The molecule has 0 spiro atoms. The Kier molecular flexibility index (Phi) is 4.50. The van der Waals surface area contributed by atoms with Crippen LogP contribution in [0.15, 0.2) is 42.5 Å². The number of aliphatic hydroxyl groups is 1. The van der Waals surface area contributed by atoms with Gasteiger partial charge in [-0.25, -0.2) is 4.39 Å². The fourth-order valence-electron chi connectivity index (χ4n) is 2.46. The molecule has 6 heteroatoms. The Labute approximate surface area is 138 Å². The number of benzene rings is 2. The number of nitrogens with zero attached hydrogens (tertiary/aromatic N) is 1. The molecule has 1 N–H and O–H groups in total. The van der Waals surface area contributed by atoms with Crippen molar-refractivity contribution in [1.82, 2.24) is 4.90 Å². The van der Waals surface area contributed by atoms with E-state index in [9.17, 15) is 14.3 Å². The van der Waals surface area contributed by atoms with Crippen molar-refractivity contribution >= 4 is 17.5 Å². The average molecular weight is 336 g/mol. The Morgan fingerprint density at radius 1 is 1.26 bits per heavy atom. The zero-order chi connectivity index (χ0) is 16.4. The van der Waals surface area contributed by atoms with Crippen LogP contribution in [0, 0.1) is 5.82 Å². The van der Waals surface area contributed by atoms with Crippen LogP contribution in [0.3, 0.4) is 0 Å². The molecule has 120 valence electrons. The van der Waals surface area contributed by atoms with Crippen molar-refractivity contribution < 1.29 is 19.0 Å². The van der Waals surface area contributed by atoms with Gasteiger partial charge in [0, 0.05) is 23.7 Å². The Morgan fingerprint density at radius 3 is 2.61 bits per heavy atom. The van der Waals surface area contributed by atoms with Gasteiger partial charge in [-0.05, 0) is 48.9 Å². The molecule has 2 aromatic rings. The van der Waals surface area contributed by atoms with E-state index < -0.39 is 11.9 Å². The van der Waals surface area contributed by atoms with Crippen LogP contribution in [-0.2, 0) is 0 Å². The highest BCUT2D eigenvalue weighted by atomic mass is 35.5. The second-order valence-corrected chi connectivity index (χ2v) is 5.83. The molecule has 3 rings (SSSR count). The number of ether oxygens (including phenoxy) is 1. The predicted octanol–water partition coefficient (Wildman–Crippen LogP) is 3.48. The fourth-order valence-corrected chi connectivity index (χ4v) is 2.58. The van der Waals surface area contributed by atoms with Gasteiger partial charge in [0.1, 0.15) is 5.75 Å². The Hall–Kier alpha value is -2.11. The summed E-state index contributed by atoms with van der Waals surface area (Å²) in [6, 6.07) is 10.6. The van der Waals surface area contributed by atoms with Crippen molar-refractivity contribution in [3.8, 4) is 11.5 Å². The number of amides is 1. The summed E-state index contributed by atoms with van der Waals surface area (Å²) in [5.41, 5.74) is 0.236. The summed E-state index contributed by atoms with van der Waals surface area (Å²) in [7, 11) is 0. The Morgan fingerprint density at radius 2 is 2.00 bits per heavy atom. The van der Waals surface area contributed by atoms with Gasteiger partial charge in [-0.15, -0.1) is 0 Å². The lowest BCUT2D eigenvalue weighted by Gasteiger charge is -2.16. The lowest BCUT2D eigenvalue weighted by atomic mass is 10.2. The molecule has 0 unspecified atom stereocenters. The maximum absolute atomic E-state index is 14.2. The Balaban J connectivity index is 1.75. The van der Waals surface area contributed by atoms with E-state index in [0.717, 1.165) is 6.07 Å². The van der Waals surface area contributed by atoms with Crippen molar-refractivity contribution in [2.75, 3.05) is 13.1 Å². The molecule has 0 saturated carbocycles. The number of rotatable bonds is 3. The second-order valence-electron chi connectivity index (χ2n) is 5.39. The minimum atomic E-state index is -0.620. The Bertz CT molecular complexity index is 720. The molecule has 2 aromatic carbocycles. The third kappa shape index (κ3) is 3.63. The molecule has 1 fully saturated rings. The average Bonchev–Trinajstić information content (AvgIpc) is 2.97. The molecular weight excluding hydrogens is 321 g/mol. The zero-order valence-corrected chi connectivity index (χ0v) is 13.0. The van der Waals surface area contributed by atoms with E-state index in [-0.39, 0.29) is 23.8 Å². The van der Waals surface area contributed by atoms with Crippen molar-refractivity contribution in [3.05, 3.63) is 58.9 Å². The van der Waals surface area contributed by atoms with Gasteiger partial charge in [0.15, 0.2) is 11.6 Å². The standard InChI is InChI=1S/C17H15ClFNO3/c18-12-2-4-14(5-3-12)23-16-6-1-11(9-15(16)19)17(22)20-8-7-13(21)10-20/h1-6,9,13,21H,7-8,10H2/t13-/m1/s1. The van der Waals surface area contributed by atoms with Crippen LogP contribution in [0.2, 0.25) is 5.02 Å². The predicted molar refractivity (Wildman–Crippen MR) is 84.5 cm³/mol. The molecular formula is C17H15ClFNO3. The largest absolute Gasteiger partial charge is 0.454 e. The number of hydrogen-bond acceptors (Lipinski definition) is 3. The smallest absolute Gasteiger partial charge is 0.254 e. The highest BCUT2D eigenvalue weighted by molar-refractivity contribution is 6.30. The molecule has 1 saturated heterocycles. The van der Waals surface area contributed by atoms with E-state index in [0.29, 0.717) is 23.7 Å². The summed E-state index contributed by atoms with van der Waals surface area (Å²) in [6.45, 7) is 0.758. The quantitative estimate of drug-likeness (QED) is 0.934. The molecule has 0 aliphatic carbocycles. The number of β-amino-alcohol motifs (C(OH)–C–C–N with tert-alkyl or cyclic N) is 1. The monoisotopic (exact) mass is 335 g/mol. The van der Waals surface area contributed by atoms with Crippen molar-refractivity contribution in [3.63, 3.8) is 0 Å². The third-order valence-electron chi connectivity index (χ3n) is 3.67. The van der Waals surface area contributed by atoms with Crippen LogP contribution in [0.25, 0.3) is 0 Å². The van der Waals surface area contributed by atoms with E-state index in [1.165, 1.54) is 17.0 Å². The van der Waals surface area contributed by atoms with Gasteiger partial charge < -0.3 is 14.7 Å². The van der Waals surface area contributed by atoms with Gasteiger partial charge in [0.25, 0.3) is 5.91 Å². The highest BCUT2D eigenvalue weighted by Gasteiger charge is 2.25. The van der Waals surface area contributed by atoms with Crippen molar-refractivity contribution in [1.29, 1.82) is 0 Å². The maximum Gasteiger partial charge on any atom is 0.254 e. The first-order chi connectivity index (χ1) is 11.0. The molecule has 1 atom stereocenters. The molecule has 0 aromatic heterocycles. The summed E-state index contributed by atoms with van der Waals surface area (Å²) in [6.07, 6.45) is 0.0442. The van der Waals surface area contributed by atoms with Gasteiger partial charge in [-0.2, -0.15) is 0 Å². The van der Waals surface area contributed by atoms with E-state index in [4.69, 9.17) is 16.3 Å². The van der Waals surface area contributed by atoms with Crippen LogP contribution in [-0.4, -0.2) is 35.1 Å². The first-order valence-electron chi connectivity index (χ1n) is 7.23. The molecule has 0 radical (unpaired) electrons. The van der Waals surface area contributed by atoms with Crippen LogP contribution >= 0.6 is 11.6 Å². The summed E-state index contributed by atoms with van der Waals surface area (Å²) in [5, 5.41) is 10.0. The van der Waals surface area contributed by atoms with Gasteiger partial charge in [0.2, 0.25) is 0 Å². The molecule has 0 bridgehead atoms. The first-order valence-corrected chi connectivity index (χ1v) is 7.61. The molecule has 23 heavy (non-hydrogen) atoms. The lowest BCUT2D eigenvalue weighted by molar-refractivity contribution is 0.0764. The summed E-state index contributed by atoms with van der Waals surface area (Å²) >= 11 is 5.78. The van der Waals surface area contributed by atoms with Crippen LogP contribution in [0.5, 0.6) is 11.5 Å². The van der Waals surface area contributed by atoms with Gasteiger partial charge in [-0.3, -0.25) is 4.79 Å². The van der Waals surface area contributed by atoms with Crippen LogP contribution in [0.4, 0.5) is 4.39 Å². The first kappa shape index (κ1) is 15.8. The number of carbonyl (C=O) groups is 1.